The van der Waals surface area contributed by atoms with Crippen molar-refractivity contribution in [2.45, 2.75) is 520 Å². The van der Waals surface area contributed by atoms with Gasteiger partial charge in [0.1, 0.15) is 0 Å². The molecule has 2 atom stereocenters. The second-order valence-electron chi connectivity index (χ2n) is 30.2. The van der Waals surface area contributed by atoms with Gasteiger partial charge in [0.05, 0.1) is 25.4 Å². The lowest BCUT2D eigenvalue weighted by Crippen LogP contribution is -2.45. The number of unbranched alkanes of at least 4 members (excludes halogenated alkanes) is 70. The number of ether oxygens (including phenoxy) is 1. The third-order valence-electron chi connectivity index (χ3n) is 20.8. The lowest BCUT2D eigenvalue weighted by atomic mass is 10.0. The smallest absolute Gasteiger partial charge is 0.305 e. The maximum atomic E-state index is 12.6. The van der Waals surface area contributed by atoms with E-state index in [4.69, 9.17) is 4.74 Å². The van der Waals surface area contributed by atoms with E-state index >= 15 is 0 Å². The molecule has 0 spiro atoms. The number of esters is 1. The predicted molar refractivity (Wildman–Crippen MR) is 412 cm³/mol. The molecular formula is C87H171NO5. The second kappa shape index (κ2) is 83.0. The van der Waals surface area contributed by atoms with Crippen LogP contribution in [0.3, 0.4) is 0 Å². The molecule has 554 valence electrons. The van der Waals surface area contributed by atoms with E-state index in [-0.39, 0.29) is 18.5 Å². The van der Waals surface area contributed by atoms with Crippen LogP contribution in [0, 0.1) is 0 Å². The molecular weight excluding hydrogens is 1140 g/mol. The minimum atomic E-state index is -0.660. The van der Waals surface area contributed by atoms with Gasteiger partial charge in [0.15, 0.2) is 0 Å². The fourth-order valence-corrected chi connectivity index (χ4v) is 14.2. The van der Waals surface area contributed by atoms with Crippen molar-refractivity contribution in [3.8, 4) is 0 Å². The molecule has 0 radical (unpaired) electrons. The number of carbonyl (C=O) groups excluding carboxylic acids is 2. The molecule has 0 aliphatic rings. The number of amides is 1. The van der Waals surface area contributed by atoms with E-state index in [1.165, 1.54) is 437 Å². The van der Waals surface area contributed by atoms with Crippen molar-refractivity contribution in [1.29, 1.82) is 0 Å². The van der Waals surface area contributed by atoms with Crippen molar-refractivity contribution in [3.63, 3.8) is 0 Å². The lowest BCUT2D eigenvalue weighted by molar-refractivity contribution is -0.143. The summed E-state index contributed by atoms with van der Waals surface area (Å²) in [5.41, 5.74) is 0. The highest BCUT2D eigenvalue weighted by molar-refractivity contribution is 5.76. The van der Waals surface area contributed by atoms with Gasteiger partial charge in [-0.25, -0.2) is 0 Å². The Morgan fingerprint density at radius 3 is 0.763 bits per heavy atom. The Morgan fingerprint density at radius 2 is 0.505 bits per heavy atom. The van der Waals surface area contributed by atoms with Crippen LogP contribution in [0.5, 0.6) is 0 Å². The third-order valence-corrected chi connectivity index (χ3v) is 20.8. The van der Waals surface area contributed by atoms with E-state index in [9.17, 15) is 19.8 Å². The van der Waals surface area contributed by atoms with Crippen LogP contribution in [0.1, 0.15) is 508 Å². The predicted octanol–water partition coefficient (Wildman–Crippen LogP) is 29.0. The standard InChI is InChI=1S/C87H171NO5/c1-3-5-7-9-11-13-15-17-19-21-22-44-48-51-55-59-63-67-71-75-79-85(90)84(83-89)88-86(91)80-76-72-68-64-60-56-52-49-45-42-40-38-36-34-32-30-28-26-24-23-25-27-29-31-33-35-37-39-41-43-46-50-54-58-62-66-70-74-78-82-93-87(92)81-77-73-69-65-61-57-53-47-20-18-16-14-12-10-8-6-4-2/h18,20,84-85,89-90H,3-17,19,21-83H2,1-2H3,(H,88,91)/b20-18-. The van der Waals surface area contributed by atoms with E-state index in [1.54, 1.807) is 0 Å². The van der Waals surface area contributed by atoms with Gasteiger partial charge in [-0.15, -0.1) is 0 Å². The van der Waals surface area contributed by atoms with Gasteiger partial charge in [0.25, 0.3) is 0 Å². The maximum Gasteiger partial charge on any atom is 0.305 e. The first kappa shape index (κ1) is 91.6. The summed E-state index contributed by atoms with van der Waals surface area (Å²) in [6.45, 7) is 5.01. The SMILES string of the molecule is CCCCCCCC/C=C\CCCCCCCCCC(=O)OCCCCCCCCCCCCCCCCCCCCCCCCCCCCCCCCCCCCCCCCCC(=O)NC(CO)C(O)CCCCCCCCCCCCCCCCCCCCCC. The second-order valence-corrected chi connectivity index (χ2v) is 30.2. The van der Waals surface area contributed by atoms with Crippen LogP contribution in [0.4, 0.5) is 0 Å². The highest BCUT2D eigenvalue weighted by Crippen LogP contribution is 2.21. The van der Waals surface area contributed by atoms with Crippen LogP contribution in [0.15, 0.2) is 12.2 Å². The molecule has 1 amide bonds. The topological polar surface area (TPSA) is 95.9 Å². The quantitative estimate of drug-likeness (QED) is 0.0320. The summed E-state index contributed by atoms with van der Waals surface area (Å²) in [5, 5.41) is 23.5. The van der Waals surface area contributed by atoms with E-state index < -0.39 is 12.1 Å². The van der Waals surface area contributed by atoms with Gasteiger partial charge in [-0.05, 0) is 51.4 Å². The summed E-state index contributed by atoms with van der Waals surface area (Å²) in [6, 6.07) is -0.537. The lowest BCUT2D eigenvalue weighted by Gasteiger charge is -2.22. The van der Waals surface area contributed by atoms with Crippen LogP contribution in [0.2, 0.25) is 0 Å². The van der Waals surface area contributed by atoms with Crippen molar-refractivity contribution in [1.82, 2.24) is 5.32 Å². The van der Waals surface area contributed by atoms with Crippen molar-refractivity contribution >= 4 is 11.9 Å². The summed E-state index contributed by atoms with van der Waals surface area (Å²) >= 11 is 0. The van der Waals surface area contributed by atoms with Gasteiger partial charge in [0, 0.05) is 12.8 Å². The first-order valence-electron chi connectivity index (χ1n) is 43.4. The van der Waals surface area contributed by atoms with Crippen LogP contribution in [-0.4, -0.2) is 47.4 Å². The van der Waals surface area contributed by atoms with Gasteiger partial charge >= 0.3 is 5.97 Å². The zero-order chi connectivity index (χ0) is 67.0. The number of rotatable bonds is 83. The average Bonchev–Trinajstić information content (AvgIpc) is 3.78. The zero-order valence-electron chi connectivity index (χ0n) is 63.8. The molecule has 6 nitrogen and oxygen atoms in total. The molecule has 6 heteroatoms. The minimum absolute atomic E-state index is 0.0221. The Hall–Kier alpha value is -1.40. The third kappa shape index (κ3) is 79.5. The van der Waals surface area contributed by atoms with Gasteiger partial charge in [0.2, 0.25) is 5.91 Å². The largest absolute Gasteiger partial charge is 0.466 e. The Labute approximate surface area is 584 Å². The Kier molecular flexibility index (Phi) is 81.8. The first-order valence-corrected chi connectivity index (χ1v) is 43.4. The molecule has 0 rings (SSSR count). The van der Waals surface area contributed by atoms with Crippen molar-refractivity contribution in [3.05, 3.63) is 12.2 Å². The van der Waals surface area contributed by atoms with Crippen LogP contribution in [-0.2, 0) is 14.3 Å². The molecule has 0 bridgehead atoms. The summed E-state index contributed by atoms with van der Waals surface area (Å²) < 4.78 is 5.52. The minimum Gasteiger partial charge on any atom is -0.466 e. The Morgan fingerprint density at radius 1 is 0.290 bits per heavy atom. The fourth-order valence-electron chi connectivity index (χ4n) is 14.2. The first-order chi connectivity index (χ1) is 46.0. The highest BCUT2D eigenvalue weighted by Gasteiger charge is 2.20. The molecule has 93 heavy (non-hydrogen) atoms. The molecule has 0 fully saturated rings. The van der Waals surface area contributed by atoms with Crippen LogP contribution < -0.4 is 5.32 Å². The molecule has 0 aromatic rings. The Balaban J connectivity index is 3.29. The van der Waals surface area contributed by atoms with Crippen molar-refractivity contribution in [2.75, 3.05) is 13.2 Å². The molecule has 0 saturated carbocycles. The summed E-state index contributed by atoms with van der Waals surface area (Å²) in [4.78, 5) is 24.7. The maximum absolute atomic E-state index is 12.6. The summed E-state index contributed by atoms with van der Waals surface area (Å²) in [7, 11) is 0. The van der Waals surface area contributed by atoms with Crippen molar-refractivity contribution in [2.24, 2.45) is 0 Å². The molecule has 0 saturated heterocycles. The van der Waals surface area contributed by atoms with Gasteiger partial charge in [-0.1, -0.05) is 456 Å². The number of allylic oxidation sites excluding steroid dienone is 2. The molecule has 2 unspecified atom stereocenters. The molecule has 0 aliphatic heterocycles. The van der Waals surface area contributed by atoms with Crippen molar-refractivity contribution < 1.29 is 24.5 Å². The molecule has 0 aromatic carbocycles. The number of aliphatic hydroxyl groups is 2. The van der Waals surface area contributed by atoms with E-state index in [1.807, 2.05) is 0 Å². The molecule has 3 N–H and O–H groups in total. The Bertz CT molecular complexity index is 1420. The zero-order valence-corrected chi connectivity index (χ0v) is 63.8. The molecule has 0 aliphatic carbocycles. The number of carbonyl (C=O) groups is 2. The van der Waals surface area contributed by atoms with E-state index in [0.717, 1.165) is 38.5 Å². The van der Waals surface area contributed by atoms with Gasteiger partial charge < -0.3 is 20.3 Å². The average molecular weight is 1310 g/mol. The number of hydrogen-bond donors (Lipinski definition) is 3. The highest BCUT2D eigenvalue weighted by atomic mass is 16.5. The van der Waals surface area contributed by atoms with Crippen LogP contribution in [0.25, 0.3) is 0 Å². The van der Waals surface area contributed by atoms with E-state index in [0.29, 0.717) is 25.9 Å². The summed E-state index contributed by atoms with van der Waals surface area (Å²) in [6.07, 6.45) is 106. The number of hydrogen-bond acceptors (Lipinski definition) is 5. The summed E-state index contributed by atoms with van der Waals surface area (Å²) in [5.74, 6) is -0.000841. The molecule has 0 aromatic heterocycles. The normalized spacial score (nSPS) is 12.4. The van der Waals surface area contributed by atoms with E-state index in [2.05, 4.69) is 31.3 Å². The monoisotopic (exact) mass is 1310 g/mol. The van der Waals surface area contributed by atoms with Gasteiger partial charge in [-0.2, -0.15) is 0 Å². The van der Waals surface area contributed by atoms with Crippen LogP contribution >= 0.6 is 0 Å². The number of nitrogens with one attached hydrogen (secondary N) is 1. The number of aliphatic hydroxyl groups excluding tert-OH is 2. The molecule has 0 heterocycles. The van der Waals surface area contributed by atoms with Gasteiger partial charge in [-0.3, -0.25) is 9.59 Å². The fraction of sp³-hybridized carbons (Fsp3) is 0.954.